The third-order valence-electron chi connectivity index (χ3n) is 2.82. The maximum atomic E-state index is 6.06. The molecule has 4 nitrogen and oxygen atoms in total. The number of ether oxygens (including phenoxy) is 1. The lowest BCUT2D eigenvalue weighted by molar-refractivity contribution is 0.412. The Balaban J connectivity index is 2.67. The highest BCUT2D eigenvalue weighted by atomic mass is 35.5. The smallest absolute Gasteiger partial charge is 0.129 e. The number of aromatic nitrogens is 2. The fraction of sp³-hybridized carbons (Fsp3) is 0.250. The van der Waals surface area contributed by atoms with Crippen molar-refractivity contribution in [3.63, 3.8) is 0 Å². The lowest BCUT2D eigenvalue weighted by Crippen LogP contribution is -1.99. The van der Waals surface area contributed by atoms with Crippen molar-refractivity contribution in [3.05, 3.63) is 28.9 Å². The van der Waals surface area contributed by atoms with Gasteiger partial charge in [-0.1, -0.05) is 11.6 Å². The summed E-state index contributed by atoms with van der Waals surface area (Å²) in [6.07, 6.45) is 1.73. The molecule has 0 aliphatic heterocycles. The molecular weight excluding hydrogens is 238 g/mol. The van der Waals surface area contributed by atoms with Gasteiger partial charge < -0.3 is 10.5 Å². The quantitative estimate of drug-likeness (QED) is 0.893. The number of halogens is 1. The van der Waals surface area contributed by atoms with E-state index in [2.05, 4.69) is 5.10 Å². The standard InChI is InChI=1S/C12H14ClN3O/c1-7-9(4-8(13)5-11(7)17-3)10-6-15-16(2)12(10)14/h4-6H,14H2,1-3H3. The Bertz CT molecular complexity index is 563. The molecule has 5 heteroatoms. The minimum absolute atomic E-state index is 0.609. The summed E-state index contributed by atoms with van der Waals surface area (Å²) in [6, 6.07) is 3.65. The predicted molar refractivity (Wildman–Crippen MR) is 69.4 cm³/mol. The molecule has 90 valence electrons. The zero-order valence-corrected chi connectivity index (χ0v) is 10.7. The van der Waals surface area contributed by atoms with Gasteiger partial charge in [-0.25, -0.2) is 0 Å². The number of hydrogen-bond acceptors (Lipinski definition) is 3. The van der Waals surface area contributed by atoms with Gasteiger partial charge in [-0.05, 0) is 30.2 Å². The topological polar surface area (TPSA) is 53.1 Å². The van der Waals surface area contributed by atoms with E-state index in [-0.39, 0.29) is 0 Å². The second kappa shape index (κ2) is 4.30. The van der Waals surface area contributed by atoms with Crippen LogP contribution in [0, 0.1) is 6.92 Å². The molecule has 1 aromatic carbocycles. The number of hydrogen-bond donors (Lipinski definition) is 1. The normalized spacial score (nSPS) is 10.6. The Hall–Kier alpha value is -1.68. The number of nitrogen functional groups attached to an aromatic ring is 1. The Kier molecular flexibility index (Phi) is 2.98. The van der Waals surface area contributed by atoms with Crippen LogP contribution < -0.4 is 10.5 Å². The van der Waals surface area contributed by atoms with Crippen LogP contribution in [-0.2, 0) is 7.05 Å². The average Bonchev–Trinajstić information content (AvgIpc) is 2.63. The van der Waals surface area contributed by atoms with Crippen LogP contribution in [0.4, 0.5) is 5.82 Å². The fourth-order valence-electron chi connectivity index (χ4n) is 1.80. The van der Waals surface area contributed by atoms with Crippen molar-refractivity contribution in [1.82, 2.24) is 9.78 Å². The first-order chi connectivity index (χ1) is 8.04. The van der Waals surface area contributed by atoms with E-state index in [9.17, 15) is 0 Å². The highest BCUT2D eigenvalue weighted by molar-refractivity contribution is 6.31. The molecule has 0 atom stereocenters. The largest absolute Gasteiger partial charge is 0.496 e. The Morgan fingerprint density at radius 2 is 2.06 bits per heavy atom. The summed E-state index contributed by atoms with van der Waals surface area (Å²) in [5, 5.41) is 4.74. The van der Waals surface area contributed by atoms with Crippen LogP contribution in [-0.4, -0.2) is 16.9 Å². The lowest BCUT2D eigenvalue weighted by atomic mass is 10.0. The van der Waals surface area contributed by atoms with Gasteiger partial charge in [0.05, 0.1) is 13.3 Å². The minimum atomic E-state index is 0.609. The maximum absolute atomic E-state index is 6.06. The predicted octanol–water partition coefficient (Wildman–Crippen LogP) is 2.64. The van der Waals surface area contributed by atoms with Gasteiger partial charge in [-0.2, -0.15) is 5.10 Å². The number of benzene rings is 1. The van der Waals surface area contributed by atoms with E-state index < -0.39 is 0 Å². The first-order valence-corrected chi connectivity index (χ1v) is 5.54. The van der Waals surface area contributed by atoms with Crippen molar-refractivity contribution in [2.24, 2.45) is 7.05 Å². The first-order valence-electron chi connectivity index (χ1n) is 5.16. The van der Waals surface area contributed by atoms with Crippen LogP contribution in [0.1, 0.15) is 5.56 Å². The van der Waals surface area contributed by atoms with Gasteiger partial charge in [0.25, 0.3) is 0 Å². The average molecular weight is 252 g/mol. The Labute approximate surface area is 105 Å². The van der Waals surface area contributed by atoms with E-state index in [1.807, 2.05) is 13.0 Å². The molecule has 2 aromatic rings. The molecule has 0 amide bonds. The molecule has 0 saturated heterocycles. The van der Waals surface area contributed by atoms with Gasteiger partial charge in [0, 0.05) is 17.6 Å². The summed E-state index contributed by atoms with van der Waals surface area (Å²) in [7, 11) is 3.42. The molecule has 2 rings (SSSR count). The minimum Gasteiger partial charge on any atom is -0.496 e. The lowest BCUT2D eigenvalue weighted by Gasteiger charge is -2.11. The van der Waals surface area contributed by atoms with Crippen LogP contribution >= 0.6 is 11.6 Å². The second-order valence-corrected chi connectivity index (χ2v) is 4.28. The molecule has 0 radical (unpaired) electrons. The van der Waals surface area contributed by atoms with Gasteiger partial charge in [0.15, 0.2) is 0 Å². The molecule has 2 N–H and O–H groups in total. The maximum Gasteiger partial charge on any atom is 0.129 e. The molecule has 0 aliphatic rings. The van der Waals surface area contributed by atoms with Crippen molar-refractivity contribution in [2.45, 2.75) is 6.92 Å². The summed E-state index contributed by atoms with van der Waals surface area (Å²) in [5.74, 6) is 1.35. The number of methoxy groups -OCH3 is 1. The van der Waals surface area contributed by atoms with Crippen molar-refractivity contribution in [1.29, 1.82) is 0 Å². The highest BCUT2D eigenvalue weighted by Gasteiger charge is 2.13. The summed E-state index contributed by atoms with van der Waals surface area (Å²) in [5.41, 5.74) is 8.77. The van der Waals surface area contributed by atoms with Gasteiger partial charge in [0.1, 0.15) is 11.6 Å². The molecule has 0 aliphatic carbocycles. The molecule has 0 spiro atoms. The fourth-order valence-corrected chi connectivity index (χ4v) is 2.01. The molecule has 0 bridgehead atoms. The summed E-state index contributed by atoms with van der Waals surface area (Å²) in [4.78, 5) is 0. The van der Waals surface area contributed by atoms with Crippen LogP contribution in [0.5, 0.6) is 5.75 Å². The number of rotatable bonds is 2. The third kappa shape index (κ3) is 1.96. The van der Waals surface area contributed by atoms with Crippen LogP contribution in [0.25, 0.3) is 11.1 Å². The van der Waals surface area contributed by atoms with Crippen molar-refractivity contribution < 1.29 is 4.74 Å². The van der Waals surface area contributed by atoms with Crippen LogP contribution in [0.2, 0.25) is 5.02 Å². The molecule has 17 heavy (non-hydrogen) atoms. The summed E-state index contributed by atoms with van der Waals surface area (Å²) < 4.78 is 6.91. The number of anilines is 1. The summed E-state index contributed by atoms with van der Waals surface area (Å²) in [6.45, 7) is 1.97. The van der Waals surface area contributed by atoms with E-state index in [1.54, 1.807) is 31.1 Å². The van der Waals surface area contributed by atoms with Crippen LogP contribution in [0.15, 0.2) is 18.3 Å². The molecule has 1 heterocycles. The van der Waals surface area contributed by atoms with E-state index in [0.717, 1.165) is 22.4 Å². The summed E-state index contributed by atoms with van der Waals surface area (Å²) >= 11 is 6.06. The molecular formula is C12H14ClN3O. The third-order valence-corrected chi connectivity index (χ3v) is 3.04. The molecule has 0 unspecified atom stereocenters. The number of nitrogens with zero attached hydrogens (tertiary/aromatic N) is 2. The van der Waals surface area contributed by atoms with Crippen molar-refractivity contribution in [2.75, 3.05) is 12.8 Å². The first kappa shape index (κ1) is 11.8. The van der Waals surface area contributed by atoms with Gasteiger partial charge in [-0.3, -0.25) is 4.68 Å². The van der Waals surface area contributed by atoms with E-state index >= 15 is 0 Å². The molecule has 1 aromatic heterocycles. The number of aryl methyl sites for hydroxylation is 1. The Morgan fingerprint density at radius 1 is 1.35 bits per heavy atom. The van der Waals surface area contributed by atoms with Gasteiger partial charge in [0.2, 0.25) is 0 Å². The SMILES string of the molecule is COc1cc(Cl)cc(-c2cnn(C)c2N)c1C. The van der Waals surface area contributed by atoms with Gasteiger partial charge in [-0.15, -0.1) is 0 Å². The van der Waals surface area contributed by atoms with Crippen LogP contribution in [0.3, 0.4) is 0 Å². The zero-order valence-electron chi connectivity index (χ0n) is 9.99. The van der Waals surface area contributed by atoms with E-state index in [4.69, 9.17) is 22.1 Å². The van der Waals surface area contributed by atoms with E-state index in [1.165, 1.54) is 0 Å². The Morgan fingerprint density at radius 3 is 2.59 bits per heavy atom. The van der Waals surface area contributed by atoms with E-state index in [0.29, 0.717) is 10.8 Å². The van der Waals surface area contributed by atoms with Crippen molar-refractivity contribution >= 4 is 17.4 Å². The van der Waals surface area contributed by atoms with Gasteiger partial charge >= 0.3 is 0 Å². The zero-order chi connectivity index (χ0) is 12.6. The monoisotopic (exact) mass is 251 g/mol. The second-order valence-electron chi connectivity index (χ2n) is 3.85. The molecule has 0 fully saturated rings. The van der Waals surface area contributed by atoms with Crippen molar-refractivity contribution in [3.8, 4) is 16.9 Å². The molecule has 0 saturated carbocycles. The highest BCUT2D eigenvalue weighted by Crippen LogP contribution is 2.35. The number of nitrogens with two attached hydrogens (primary N) is 1.